The van der Waals surface area contributed by atoms with Crippen molar-refractivity contribution in [2.24, 2.45) is 0 Å². The van der Waals surface area contributed by atoms with Crippen molar-refractivity contribution in [2.45, 2.75) is 18.5 Å². The predicted molar refractivity (Wildman–Crippen MR) is 123 cm³/mol. The minimum atomic E-state index is -0.131. The predicted octanol–water partition coefficient (Wildman–Crippen LogP) is 4.36. The molecular formula is C22H21N5O2S2. The Morgan fingerprint density at radius 3 is 2.58 bits per heavy atom. The number of nitrogens with zero attached hydrogens (tertiary/aromatic N) is 4. The molecule has 158 valence electrons. The molecule has 0 unspecified atom stereocenters. The van der Waals surface area contributed by atoms with Crippen molar-refractivity contribution in [1.82, 2.24) is 19.7 Å². The van der Waals surface area contributed by atoms with Crippen molar-refractivity contribution >= 4 is 34.1 Å². The second-order valence-electron chi connectivity index (χ2n) is 6.71. The van der Waals surface area contributed by atoms with Crippen molar-refractivity contribution in [2.75, 3.05) is 18.2 Å². The van der Waals surface area contributed by atoms with Gasteiger partial charge in [-0.25, -0.2) is 4.98 Å². The molecule has 0 bridgehead atoms. The first-order valence-electron chi connectivity index (χ1n) is 9.60. The van der Waals surface area contributed by atoms with E-state index >= 15 is 0 Å². The lowest BCUT2D eigenvalue weighted by atomic mass is 10.1. The van der Waals surface area contributed by atoms with Gasteiger partial charge in [0.1, 0.15) is 11.6 Å². The van der Waals surface area contributed by atoms with Crippen LogP contribution in [0.4, 0.5) is 5.13 Å². The number of nitrogens with one attached hydrogen (secondary N) is 1. The molecule has 2 aromatic heterocycles. The number of aryl methyl sites for hydroxylation is 1. The number of benzene rings is 2. The highest BCUT2D eigenvalue weighted by atomic mass is 32.2. The molecule has 31 heavy (non-hydrogen) atoms. The van der Waals surface area contributed by atoms with E-state index in [9.17, 15) is 4.79 Å². The highest BCUT2D eigenvalue weighted by Gasteiger charge is 2.17. The average Bonchev–Trinajstić information content (AvgIpc) is 3.38. The number of carbonyl (C=O) groups excluding carboxylic acids is 1. The monoisotopic (exact) mass is 451 g/mol. The standard InChI is InChI=1S/C22H21N5O2S2/c1-15-13-23-21(31-15)24-20(28)14-30-22-26-25-19(12-16-6-4-3-5-7-16)27(22)17-8-10-18(29-2)11-9-17/h3-11,13H,12,14H2,1-2H3,(H,23,24,28). The number of hydrogen-bond acceptors (Lipinski definition) is 7. The maximum Gasteiger partial charge on any atom is 0.236 e. The van der Waals surface area contributed by atoms with Crippen molar-refractivity contribution in [3.63, 3.8) is 0 Å². The fourth-order valence-electron chi connectivity index (χ4n) is 2.98. The van der Waals surface area contributed by atoms with Crippen LogP contribution in [-0.2, 0) is 11.2 Å². The largest absolute Gasteiger partial charge is 0.497 e. The van der Waals surface area contributed by atoms with Gasteiger partial charge in [0.25, 0.3) is 0 Å². The van der Waals surface area contributed by atoms with Crippen LogP contribution >= 0.6 is 23.1 Å². The van der Waals surface area contributed by atoms with E-state index in [4.69, 9.17) is 4.74 Å². The van der Waals surface area contributed by atoms with E-state index in [1.54, 1.807) is 13.3 Å². The average molecular weight is 452 g/mol. The summed E-state index contributed by atoms with van der Waals surface area (Å²) >= 11 is 2.79. The van der Waals surface area contributed by atoms with Gasteiger partial charge in [-0.2, -0.15) is 0 Å². The number of carbonyl (C=O) groups is 1. The van der Waals surface area contributed by atoms with Gasteiger partial charge in [-0.15, -0.1) is 21.5 Å². The number of hydrogen-bond donors (Lipinski definition) is 1. The Bertz CT molecular complexity index is 1160. The molecule has 0 spiro atoms. The third kappa shape index (κ3) is 5.31. The molecule has 2 heterocycles. The van der Waals surface area contributed by atoms with Gasteiger partial charge in [-0.05, 0) is 36.8 Å². The van der Waals surface area contributed by atoms with Crippen molar-refractivity contribution in [3.8, 4) is 11.4 Å². The Kier molecular flexibility index (Phi) is 6.63. The van der Waals surface area contributed by atoms with Crippen LogP contribution in [-0.4, -0.2) is 38.5 Å². The summed E-state index contributed by atoms with van der Waals surface area (Å²) in [6, 6.07) is 17.8. The molecule has 1 amide bonds. The summed E-state index contributed by atoms with van der Waals surface area (Å²) in [4.78, 5) is 17.6. The first kappa shape index (κ1) is 21.1. The van der Waals surface area contributed by atoms with Crippen LogP contribution in [0.1, 0.15) is 16.3 Å². The number of amides is 1. The lowest BCUT2D eigenvalue weighted by Crippen LogP contribution is -2.14. The van der Waals surface area contributed by atoms with Crippen molar-refractivity contribution in [3.05, 3.63) is 77.1 Å². The molecule has 7 nitrogen and oxygen atoms in total. The van der Waals surface area contributed by atoms with Gasteiger partial charge in [0.05, 0.1) is 12.9 Å². The zero-order valence-electron chi connectivity index (χ0n) is 17.1. The van der Waals surface area contributed by atoms with Crippen LogP contribution in [0.2, 0.25) is 0 Å². The highest BCUT2D eigenvalue weighted by Crippen LogP contribution is 2.25. The molecule has 0 atom stereocenters. The molecule has 1 N–H and O–H groups in total. The molecular weight excluding hydrogens is 430 g/mol. The van der Waals surface area contributed by atoms with Crippen molar-refractivity contribution < 1.29 is 9.53 Å². The fraction of sp³-hybridized carbons (Fsp3) is 0.182. The van der Waals surface area contributed by atoms with Crippen molar-refractivity contribution in [1.29, 1.82) is 0 Å². The maximum absolute atomic E-state index is 12.4. The minimum absolute atomic E-state index is 0.131. The Hall–Kier alpha value is -3.17. The first-order chi connectivity index (χ1) is 15.1. The summed E-state index contributed by atoms with van der Waals surface area (Å²) in [6.07, 6.45) is 2.37. The normalized spacial score (nSPS) is 10.8. The molecule has 0 radical (unpaired) electrons. The molecule has 0 aliphatic carbocycles. The number of thioether (sulfide) groups is 1. The van der Waals surface area contributed by atoms with E-state index in [0.717, 1.165) is 27.7 Å². The van der Waals surface area contributed by atoms with Crippen LogP contribution in [0.5, 0.6) is 5.75 Å². The molecule has 9 heteroatoms. The van der Waals surface area contributed by atoms with Gasteiger partial charge in [-0.1, -0.05) is 42.1 Å². The summed E-state index contributed by atoms with van der Waals surface area (Å²) in [5.41, 5.74) is 2.05. The number of aromatic nitrogens is 4. The minimum Gasteiger partial charge on any atom is -0.497 e. The zero-order chi connectivity index (χ0) is 21.6. The Balaban J connectivity index is 1.56. The van der Waals surface area contributed by atoms with E-state index in [2.05, 4.69) is 32.6 Å². The summed E-state index contributed by atoms with van der Waals surface area (Å²) < 4.78 is 7.26. The molecule has 4 aromatic rings. The topological polar surface area (TPSA) is 81.9 Å². The summed E-state index contributed by atoms with van der Waals surface area (Å²) in [6.45, 7) is 1.95. The van der Waals surface area contributed by atoms with Gasteiger partial charge in [-0.3, -0.25) is 9.36 Å². The Morgan fingerprint density at radius 1 is 1.13 bits per heavy atom. The van der Waals surface area contributed by atoms with Crippen LogP contribution in [0.25, 0.3) is 5.69 Å². The van der Waals surface area contributed by atoms with E-state index in [1.165, 1.54) is 23.1 Å². The third-order valence-corrected chi connectivity index (χ3v) is 6.19. The number of rotatable bonds is 8. The summed E-state index contributed by atoms with van der Waals surface area (Å²) in [7, 11) is 1.64. The maximum atomic E-state index is 12.4. The van der Waals surface area contributed by atoms with Gasteiger partial charge < -0.3 is 10.1 Å². The van der Waals surface area contributed by atoms with Crippen LogP contribution in [0.3, 0.4) is 0 Å². The van der Waals surface area contributed by atoms with Crippen LogP contribution in [0, 0.1) is 6.92 Å². The second kappa shape index (κ2) is 9.76. The first-order valence-corrected chi connectivity index (χ1v) is 11.4. The molecule has 4 rings (SSSR count). The zero-order valence-corrected chi connectivity index (χ0v) is 18.7. The number of anilines is 1. The summed E-state index contributed by atoms with van der Waals surface area (Å²) in [5.74, 6) is 1.65. The smallest absolute Gasteiger partial charge is 0.236 e. The molecule has 0 saturated carbocycles. The lowest BCUT2D eigenvalue weighted by Gasteiger charge is -2.11. The van der Waals surface area contributed by atoms with Crippen LogP contribution in [0.15, 0.2) is 66.0 Å². The highest BCUT2D eigenvalue weighted by molar-refractivity contribution is 7.99. The van der Waals surface area contributed by atoms with Crippen LogP contribution < -0.4 is 10.1 Å². The number of ether oxygens (including phenoxy) is 1. The second-order valence-corrected chi connectivity index (χ2v) is 8.88. The Morgan fingerprint density at radius 2 is 1.90 bits per heavy atom. The van der Waals surface area contributed by atoms with Gasteiger partial charge in [0, 0.05) is 23.2 Å². The third-order valence-electron chi connectivity index (χ3n) is 4.44. The number of thiazole rings is 1. The molecule has 0 aliphatic rings. The van der Waals surface area contributed by atoms with Gasteiger partial charge >= 0.3 is 0 Å². The summed E-state index contributed by atoms with van der Waals surface area (Å²) in [5, 5.41) is 12.9. The SMILES string of the molecule is COc1ccc(-n2c(Cc3ccccc3)nnc2SCC(=O)Nc2ncc(C)s2)cc1. The fourth-order valence-corrected chi connectivity index (χ4v) is 4.43. The Labute approximate surface area is 188 Å². The lowest BCUT2D eigenvalue weighted by molar-refractivity contribution is -0.113. The van der Waals surface area contributed by atoms with E-state index < -0.39 is 0 Å². The van der Waals surface area contributed by atoms with Gasteiger partial charge in [0.2, 0.25) is 5.91 Å². The number of methoxy groups -OCH3 is 1. The molecule has 0 fully saturated rings. The molecule has 2 aromatic carbocycles. The molecule has 0 aliphatic heterocycles. The van der Waals surface area contributed by atoms with E-state index in [0.29, 0.717) is 16.7 Å². The quantitative estimate of drug-likeness (QED) is 0.401. The molecule has 0 saturated heterocycles. The van der Waals surface area contributed by atoms with Gasteiger partial charge in [0.15, 0.2) is 10.3 Å². The van der Waals surface area contributed by atoms with E-state index in [-0.39, 0.29) is 11.7 Å². The van der Waals surface area contributed by atoms with E-state index in [1.807, 2.05) is 54.0 Å².